The summed E-state index contributed by atoms with van der Waals surface area (Å²) in [5, 5.41) is 14.5. The lowest BCUT2D eigenvalue weighted by molar-refractivity contribution is -0.127. The fourth-order valence-corrected chi connectivity index (χ4v) is 1.80. The molecule has 1 aromatic rings. The highest BCUT2D eigenvalue weighted by Gasteiger charge is 2.35. The fraction of sp³-hybridized carbons (Fsp3) is 0.615. The van der Waals surface area contributed by atoms with Crippen molar-refractivity contribution < 1.29 is 10.0 Å². The molecule has 0 saturated heterocycles. The van der Waals surface area contributed by atoms with Gasteiger partial charge in [0.25, 0.3) is 0 Å². The van der Waals surface area contributed by atoms with Crippen LogP contribution in [-0.4, -0.2) is 33.0 Å². The summed E-state index contributed by atoms with van der Waals surface area (Å²) in [5.41, 5.74) is 4.63. The second kappa shape index (κ2) is 7.52. The Morgan fingerprint density at radius 1 is 1.55 bits per heavy atom. The molecule has 112 valence electrons. The predicted molar refractivity (Wildman–Crippen MR) is 76.3 cm³/mol. The molecule has 7 nitrogen and oxygen atoms in total. The molecule has 7 heteroatoms. The number of nitrogens with two attached hydrogens (primary N) is 1. The first kappa shape index (κ1) is 16.0. The van der Waals surface area contributed by atoms with Crippen LogP contribution in [0, 0.1) is 5.41 Å². The van der Waals surface area contributed by atoms with Gasteiger partial charge in [0, 0.05) is 25.5 Å². The van der Waals surface area contributed by atoms with Crippen LogP contribution in [0.2, 0.25) is 0 Å². The molecule has 1 rings (SSSR count). The minimum absolute atomic E-state index is 0.0593. The Bertz CT molecular complexity index is 444. The molecule has 20 heavy (non-hydrogen) atoms. The van der Waals surface area contributed by atoms with Gasteiger partial charge in [-0.3, -0.25) is 4.79 Å². The van der Waals surface area contributed by atoms with Crippen molar-refractivity contribution in [1.82, 2.24) is 14.9 Å². The van der Waals surface area contributed by atoms with Crippen molar-refractivity contribution in [3.05, 3.63) is 18.7 Å². The van der Waals surface area contributed by atoms with Gasteiger partial charge in [-0.25, -0.2) is 4.98 Å². The summed E-state index contributed by atoms with van der Waals surface area (Å²) in [5.74, 6) is -0.270. The number of hydrogen-bond acceptors (Lipinski definition) is 4. The Morgan fingerprint density at radius 3 is 2.85 bits per heavy atom. The van der Waals surface area contributed by atoms with Crippen LogP contribution < -0.4 is 11.1 Å². The van der Waals surface area contributed by atoms with Gasteiger partial charge in [0.05, 0.1) is 6.33 Å². The van der Waals surface area contributed by atoms with Gasteiger partial charge < -0.3 is 20.8 Å². The highest BCUT2D eigenvalue weighted by molar-refractivity contribution is 6.06. The van der Waals surface area contributed by atoms with Crippen LogP contribution in [0.5, 0.6) is 0 Å². The van der Waals surface area contributed by atoms with Gasteiger partial charge in [-0.05, 0) is 26.2 Å². The molecule has 1 unspecified atom stereocenters. The van der Waals surface area contributed by atoms with Gasteiger partial charge in [0.15, 0.2) is 5.84 Å². The Labute approximate surface area is 118 Å². The van der Waals surface area contributed by atoms with E-state index >= 15 is 0 Å². The number of oxime groups is 1. The molecular formula is C13H23N5O2. The van der Waals surface area contributed by atoms with E-state index in [0.29, 0.717) is 13.0 Å². The van der Waals surface area contributed by atoms with E-state index in [1.54, 1.807) is 19.4 Å². The number of nitrogens with one attached hydrogen (secondary N) is 1. The number of aryl methyl sites for hydroxylation is 1. The quantitative estimate of drug-likeness (QED) is 0.217. The minimum Gasteiger partial charge on any atom is -0.409 e. The largest absolute Gasteiger partial charge is 0.409 e. The van der Waals surface area contributed by atoms with Gasteiger partial charge >= 0.3 is 0 Å². The molecule has 0 fully saturated rings. The average molecular weight is 281 g/mol. The second-order valence-electron chi connectivity index (χ2n) is 4.93. The van der Waals surface area contributed by atoms with Crippen LogP contribution in [0.4, 0.5) is 0 Å². The van der Waals surface area contributed by atoms with Gasteiger partial charge in [-0.1, -0.05) is 12.1 Å². The third-order valence-corrected chi connectivity index (χ3v) is 3.57. The van der Waals surface area contributed by atoms with Crippen LogP contribution >= 0.6 is 0 Å². The number of amidine groups is 1. The Morgan fingerprint density at radius 2 is 2.30 bits per heavy atom. The number of imidazole rings is 1. The first-order chi connectivity index (χ1) is 9.54. The van der Waals surface area contributed by atoms with E-state index < -0.39 is 5.41 Å². The molecular weight excluding hydrogens is 258 g/mol. The molecule has 1 aromatic heterocycles. The van der Waals surface area contributed by atoms with Crippen molar-refractivity contribution in [3.63, 3.8) is 0 Å². The molecule has 0 spiro atoms. The second-order valence-corrected chi connectivity index (χ2v) is 4.93. The van der Waals surface area contributed by atoms with E-state index in [0.717, 1.165) is 19.4 Å². The summed E-state index contributed by atoms with van der Waals surface area (Å²) in [6, 6.07) is 0. The molecule has 0 aliphatic carbocycles. The molecule has 0 aromatic carbocycles. The molecule has 0 saturated carbocycles. The monoisotopic (exact) mass is 281 g/mol. The van der Waals surface area contributed by atoms with Crippen molar-refractivity contribution >= 4 is 11.7 Å². The van der Waals surface area contributed by atoms with E-state index in [1.165, 1.54) is 0 Å². The Balaban J connectivity index is 2.31. The van der Waals surface area contributed by atoms with Crippen molar-refractivity contribution in [2.24, 2.45) is 16.3 Å². The molecule has 0 aliphatic heterocycles. The van der Waals surface area contributed by atoms with Crippen LogP contribution in [0.3, 0.4) is 0 Å². The molecule has 1 heterocycles. The van der Waals surface area contributed by atoms with Crippen LogP contribution in [0.1, 0.15) is 33.1 Å². The molecule has 1 atom stereocenters. The number of carbonyl (C=O) groups excluding carboxylic acids is 1. The average Bonchev–Trinajstić information content (AvgIpc) is 2.98. The molecule has 1 amide bonds. The van der Waals surface area contributed by atoms with Crippen molar-refractivity contribution in [2.75, 3.05) is 6.54 Å². The summed E-state index contributed by atoms with van der Waals surface area (Å²) in [7, 11) is 0. The third-order valence-electron chi connectivity index (χ3n) is 3.57. The van der Waals surface area contributed by atoms with E-state index in [2.05, 4.69) is 15.5 Å². The number of nitrogens with zero attached hydrogens (tertiary/aromatic N) is 3. The van der Waals surface area contributed by atoms with Gasteiger partial charge in [0.2, 0.25) is 5.91 Å². The molecule has 4 N–H and O–H groups in total. The smallest absolute Gasteiger partial charge is 0.233 e. The summed E-state index contributed by atoms with van der Waals surface area (Å²) < 4.78 is 1.99. The maximum absolute atomic E-state index is 12.1. The third kappa shape index (κ3) is 3.97. The number of unbranched alkanes of at least 4 members (excludes halogenated alkanes) is 1. The van der Waals surface area contributed by atoms with Gasteiger partial charge in [-0.15, -0.1) is 0 Å². The maximum atomic E-state index is 12.1. The molecule has 0 aliphatic rings. The summed E-state index contributed by atoms with van der Waals surface area (Å²) in [6.07, 6.45) is 7.70. The summed E-state index contributed by atoms with van der Waals surface area (Å²) in [4.78, 5) is 16.1. The lowest BCUT2D eigenvalue weighted by Gasteiger charge is -2.25. The number of hydrogen-bond donors (Lipinski definition) is 3. The molecule has 0 bridgehead atoms. The van der Waals surface area contributed by atoms with Crippen molar-refractivity contribution in [2.45, 2.75) is 39.7 Å². The lowest BCUT2D eigenvalue weighted by Crippen LogP contribution is -2.47. The highest BCUT2D eigenvalue weighted by atomic mass is 16.4. The topological polar surface area (TPSA) is 106 Å². The van der Waals surface area contributed by atoms with Crippen molar-refractivity contribution in [1.29, 1.82) is 0 Å². The minimum atomic E-state index is -0.959. The normalized spacial score (nSPS) is 14.8. The van der Waals surface area contributed by atoms with Gasteiger partial charge in [0.1, 0.15) is 5.41 Å². The number of carbonyl (C=O) groups is 1. The summed E-state index contributed by atoms with van der Waals surface area (Å²) >= 11 is 0. The SMILES string of the molecule is CCC(C)(C(=O)NCCCCn1ccnc1)/C(N)=N/O. The zero-order valence-electron chi connectivity index (χ0n) is 12.0. The number of rotatable bonds is 8. The number of amides is 1. The zero-order valence-corrected chi connectivity index (χ0v) is 12.0. The van der Waals surface area contributed by atoms with E-state index in [1.807, 2.05) is 17.7 Å². The van der Waals surface area contributed by atoms with Crippen LogP contribution in [0.25, 0.3) is 0 Å². The first-order valence-corrected chi connectivity index (χ1v) is 6.76. The maximum Gasteiger partial charge on any atom is 0.233 e. The van der Waals surface area contributed by atoms with Crippen LogP contribution in [0.15, 0.2) is 23.9 Å². The number of aromatic nitrogens is 2. The Kier molecular flexibility index (Phi) is 6.02. The van der Waals surface area contributed by atoms with Crippen LogP contribution in [-0.2, 0) is 11.3 Å². The fourth-order valence-electron chi connectivity index (χ4n) is 1.80. The standard InChI is InChI=1S/C13H23N5O2/c1-3-13(2,11(14)17-20)12(19)16-6-4-5-8-18-9-7-15-10-18/h7,9-10,20H,3-6,8H2,1-2H3,(H2,14,17)(H,16,19). The highest BCUT2D eigenvalue weighted by Crippen LogP contribution is 2.21. The lowest BCUT2D eigenvalue weighted by atomic mass is 9.85. The first-order valence-electron chi connectivity index (χ1n) is 6.76. The van der Waals surface area contributed by atoms with Gasteiger partial charge in [-0.2, -0.15) is 0 Å². The predicted octanol–water partition coefficient (Wildman–Crippen LogP) is 0.942. The molecule has 0 radical (unpaired) electrons. The van der Waals surface area contributed by atoms with E-state index in [9.17, 15) is 4.79 Å². The summed E-state index contributed by atoms with van der Waals surface area (Å²) in [6.45, 7) is 4.95. The van der Waals surface area contributed by atoms with E-state index in [4.69, 9.17) is 10.9 Å². The van der Waals surface area contributed by atoms with Crippen molar-refractivity contribution in [3.8, 4) is 0 Å². The van der Waals surface area contributed by atoms with E-state index in [-0.39, 0.29) is 11.7 Å². The Hall–Kier alpha value is -2.05. The zero-order chi connectivity index (χ0) is 15.0.